The summed E-state index contributed by atoms with van der Waals surface area (Å²) in [6.45, 7) is 11.7. The smallest absolute Gasteiger partial charge is 0.265 e. The van der Waals surface area contributed by atoms with Crippen LogP contribution in [0.4, 0.5) is 5.69 Å². The van der Waals surface area contributed by atoms with Gasteiger partial charge in [0.05, 0.1) is 5.56 Å². The van der Waals surface area contributed by atoms with Gasteiger partial charge in [-0.3, -0.25) is 9.59 Å². The standard InChI is InChI=1S/C45H53N3O7Si/c1-44(2,3)56(7,8)55-45-30(23-35-38(42(45)51)43(46-54-35)53-26-28-17-13-10-14-18-28)21-29-22-32-37(40(49)36(29)41(45)50)34(52-25-27-15-11-9-12-16-27)24-31-33(47(4)5)19-20-48(6)39(31)32/h9-18,24,29-30,33,49H,19-23,25-26H2,1-8H3/t29-,30+,33?,45?/m1/s1. The third-order valence-corrected chi connectivity index (χ3v) is 17.4. The second-order valence-electron chi connectivity index (χ2n) is 17.7. The Bertz CT molecular complexity index is 2210. The van der Waals surface area contributed by atoms with Gasteiger partial charge in [0.1, 0.15) is 30.3 Å². The molecule has 2 heterocycles. The molecule has 3 aliphatic carbocycles. The zero-order chi connectivity index (χ0) is 39.7. The van der Waals surface area contributed by atoms with E-state index in [2.05, 4.69) is 76.0 Å². The average Bonchev–Trinajstić information content (AvgIpc) is 3.56. The second kappa shape index (κ2) is 14.0. The first-order valence-electron chi connectivity index (χ1n) is 19.7. The Morgan fingerprint density at radius 1 is 0.946 bits per heavy atom. The number of benzene rings is 3. The molecule has 0 saturated heterocycles. The first-order valence-corrected chi connectivity index (χ1v) is 22.7. The Kier molecular flexibility index (Phi) is 9.57. The fraction of sp³-hybridized carbons (Fsp3) is 0.444. The lowest BCUT2D eigenvalue weighted by molar-refractivity contribution is -0.136. The van der Waals surface area contributed by atoms with Crippen LogP contribution in [-0.4, -0.2) is 68.3 Å². The lowest BCUT2D eigenvalue weighted by Gasteiger charge is -2.52. The van der Waals surface area contributed by atoms with Crippen LogP contribution in [0.2, 0.25) is 18.1 Å². The zero-order valence-electron chi connectivity index (χ0n) is 33.8. The largest absolute Gasteiger partial charge is 0.507 e. The number of ether oxygens (including phenoxy) is 2. The monoisotopic (exact) mass is 775 g/mol. The molecule has 4 atom stereocenters. The first kappa shape index (κ1) is 38.2. The number of anilines is 1. The number of hydrogen-bond acceptors (Lipinski definition) is 10. The Labute approximate surface area is 330 Å². The lowest BCUT2D eigenvalue weighted by atomic mass is 9.58. The quantitative estimate of drug-likeness (QED) is 0.131. The van der Waals surface area contributed by atoms with Crippen LogP contribution in [0.5, 0.6) is 11.6 Å². The van der Waals surface area contributed by atoms with E-state index in [-0.39, 0.29) is 59.4 Å². The number of Topliss-reactive ketones (excluding diaryl/α,β-unsaturated/α-hetero) is 2. The Morgan fingerprint density at radius 3 is 2.21 bits per heavy atom. The molecule has 2 unspecified atom stereocenters. The maximum absolute atomic E-state index is 15.7. The molecule has 0 amide bonds. The van der Waals surface area contributed by atoms with Gasteiger partial charge in [-0.05, 0) is 90.9 Å². The highest BCUT2D eigenvalue weighted by Gasteiger charge is 2.66. The summed E-state index contributed by atoms with van der Waals surface area (Å²) in [6.07, 6.45) is 2.17. The van der Waals surface area contributed by atoms with Crippen molar-refractivity contribution < 1.29 is 33.1 Å². The van der Waals surface area contributed by atoms with Crippen molar-refractivity contribution in [3.63, 3.8) is 0 Å². The van der Waals surface area contributed by atoms with Gasteiger partial charge < -0.3 is 33.3 Å². The molecule has 0 spiro atoms. The highest BCUT2D eigenvalue weighted by molar-refractivity contribution is 6.74. The molecule has 0 bridgehead atoms. The molecule has 10 nitrogen and oxygen atoms in total. The number of carbonyl (C=O) groups excluding carboxylic acids is 2. The van der Waals surface area contributed by atoms with Crippen molar-refractivity contribution in [1.29, 1.82) is 0 Å². The summed E-state index contributed by atoms with van der Waals surface area (Å²) in [7, 11) is 3.47. The van der Waals surface area contributed by atoms with Crippen LogP contribution in [-0.2, 0) is 35.3 Å². The lowest BCUT2D eigenvalue weighted by Crippen LogP contribution is -2.66. The molecular formula is C45H53N3O7Si. The number of fused-ring (bicyclic) bond motifs is 6. The molecule has 3 aromatic carbocycles. The van der Waals surface area contributed by atoms with E-state index < -0.39 is 31.4 Å². The zero-order valence-corrected chi connectivity index (χ0v) is 34.8. The van der Waals surface area contributed by atoms with E-state index in [0.717, 1.165) is 40.9 Å². The minimum Gasteiger partial charge on any atom is -0.507 e. The molecule has 4 aliphatic rings. The summed E-state index contributed by atoms with van der Waals surface area (Å²) in [6, 6.07) is 21.8. The number of carbonyl (C=O) groups is 2. The number of hydrogen-bond donors (Lipinski definition) is 1. The van der Waals surface area contributed by atoms with Gasteiger partial charge in [-0.1, -0.05) is 81.4 Å². The number of rotatable bonds is 9. The number of nitrogens with zero attached hydrogens (tertiary/aromatic N) is 3. The Hall–Kier alpha value is -4.71. The molecule has 1 aliphatic heterocycles. The summed E-state index contributed by atoms with van der Waals surface area (Å²) < 4.78 is 25.8. The number of aromatic nitrogens is 1. The molecule has 0 radical (unpaired) electrons. The summed E-state index contributed by atoms with van der Waals surface area (Å²) in [5, 5.41) is 16.6. The van der Waals surface area contributed by atoms with Crippen molar-refractivity contribution in [1.82, 2.24) is 10.1 Å². The number of ketones is 2. The average molecular weight is 776 g/mol. The molecular weight excluding hydrogens is 723 g/mol. The minimum atomic E-state index is -2.81. The van der Waals surface area contributed by atoms with E-state index in [4.69, 9.17) is 18.4 Å². The molecule has 11 heteroatoms. The highest BCUT2D eigenvalue weighted by atomic mass is 28.4. The van der Waals surface area contributed by atoms with Crippen molar-refractivity contribution in [3.05, 3.63) is 111 Å². The van der Waals surface area contributed by atoms with Crippen LogP contribution in [0.1, 0.15) is 83.6 Å². The summed E-state index contributed by atoms with van der Waals surface area (Å²) in [5.41, 5.74) is 4.08. The minimum absolute atomic E-state index is 0.0503. The van der Waals surface area contributed by atoms with Gasteiger partial charge in [-0.25, -0.2) is 0 Å². The van der Waals surface area contributed by atoms with Gasteiger partial charge in [0, 0.05) is 43.2 Å². The van der Waals surface area contributed by atoms with E-state index in [9.17, 15) is 5.11 Å². The van der Waals surface area contributed by atoms with Gasteiger partial charge in [0.2, 0.25) is 11.6 Å². The molecule has 56 heavy (non-hydrogen) atoms. The van der Waals surface area contributed by atoms with E-state index >= 15 is 9.59 Å². The SMILES string of the molecule is CN1CCC(N(C)C)c2cc(OCc3ccccc3)c3c(c21)C[C@H]1C[C@H]2Cc4onc(OCc5ccccc5)c4C(=O)C2(O[Si](C)(C)C(C)(C)C)C(=O)C1=C3O. The van der Waals surface area contributed by atoms with E-state index in [1.165, 1.54) is 0 Å². The number of aliphatic hydroxyl groups excluding tert-OH is 1. The van der Waals surface area contributed by atoms with Crippen molar-refractivity contribution in [3.8, 4) is 11.6 Å². The van der Waals surface area contributed by atoms with Crippen LogP contribution in [0.3, 0.4) is 0 Å². The van der Waals surface area contributed by atoms with Crippen molar-refractivity contribution in [2.24, 2.45) is 11.8 Å². The van der Waals surface area contributed by atoms with Crippen LogP contribution < -0.4 is 14.4 Å². The molecule has 8 rings (SSSR count). The molecule has 1 aromatic heterocycles. The van der Waals surface area contributed by atoms with Crippen LogP contribution in [0.25, 0.3) is 5.76 Å². The normalized spacial score (nSPS) is 23.3. The van der Waals surface area contributed by atoms with Crippen LogP contribution >= 0.6 is 0 Å². The summed E-state index contributed by atoms with van der Waals surface area (Å²) in [4.78, 5) is 35.5. The third kappa shape index (κ3) is 6.19. The van der Waals surface area contributed by atoms with Gasteiger partial charge in [0.25, 0.3) is 5.88 Å². The molecule has 294 valence electrons. The van der Waals surface area contributed by atoms with Crippen molar-refractivity contribution >= 4 is 31.3 Å². The molecule has 4 aromatic rings. The fourth-order valence-electron chi connectivity index (χ4n) is 9.07. The fourth-order valence-corrected chi connectivity index (χ4v) is 10.5. The molecule has 1 saturated carbocycles. The van der Waals surface area contributed by atoms with Crippen molar-refractivity contribution in [2.75, 3.05) is 32.6 Å². The van der Waals surface area contributed by atoms with Crippen molar-refractivity contribution in [2.45, 2.75) is 89.4 Å². The third-order valence-electron chi connectivity index (χ3n) is 13.0. The number of aliphatic hydroxyl groups is 1. The maximum Gasteiger partial charge on any atom is 0.265 e. The van der Waals surface area contributed by atoms with E-state index in [1.807, 2.05) is 60.7 Å². The topological polar surface area (TPSA) is 115 Å². The Morgan fingerprint density at radius 2 is 1.59 bits per heavy atom. The van der Waals surface area contributed by atoms with Gasteiger partial charge in [-0.2, -0.15) is 0 Å². The molecule has 1 fully saturated rings. The predicted molar refractivity (Wildman–Crippen MR) is 218 cm³/mol. The van der Waals surface area contributed by atoms with Gasteiger partial charge in [0.15, 0.2) is 19.7 Å². The summed E-state index contributed by atoms with van der Waals surface area (Å²) in [5.74, 6) is -1.04. The van der Waals surface area contributed by atoms with Gasteiger partial charge >= 0.3 is 0 Å². The van der Waals surface area contributed by atoms with Crippen LogP contribution in [0, 0.1) is 11.8 Å². The second-order valence-corrected chi connectivity index (χ2v) is 22.5. The van der Waals surface area contributed by atoms with E-state index in [1.54, 1.807) is 0 Å². The van der Waals surface area contributed by atoms with Gasteiger partial charge in [-0.15, -0.1) is 0 Å². The first-order chi connectivity index (χ1) is 26.6. The van der Waals surface area contributed by atoms with E-state index in [0.29, 0.717) is 29.9 Å². The Balaban J connectivity index is 1.28. The van der Waals surface area contributed by atoms with Crippen LogP contribution in [0.15, 0.2) is 76.8 Å². The maximum atomic E-state index is 15.7. The predicted octanol–water partition coefficient (Wildman–Crippen LogP) is 8.51. The molecule has 1 N–H and O–H groups in total. The summed E-state index contributed by atoms with van der Waals surface area (Å²) >= 11 is 0. The highest BCUT2D eigenvalue weighted by Crippen LogP contribution is 2.57.